The third kappa shape index (κ3) is 7.05. The highest BCUT2D eigenvalue weighted by atomic mass is 35.5. The number of amides is 1. The first-order valence-corrected chi connectivity index (χ1v) is 12.5. The highest BCUT2D eigenvalue weighted by Gasteiger charge is 2.20. The lowest BCUT2D eigenvalue weighted by molar-refractivity contribution is -0.0496. The molecule has 1 amide bonds. The zero-order chi connectivity index (χ0) is 25.5. The Morgan fingerprint density at radius 3 is 2.92 bits per heavy atom. The Labute approximate surface area is 215 Å². The number of carbonyl (C=O) groups excluding carboxylic acids is 1. The molecule has 1 fully saturated rings. The fourth-order valence-electron chi connectivity index (χ4n) is 3.62. The number of rotatable bonds is 11. The van der Waals surface area contributed by atoms with Gasteiger partial charge in [-0.25, -0.2) is 4.98 Å². The van der Waals surface area contributed by atoms with Crippen LogP contribution in [0.25, 0.3) is 11.1 Å². The van der Waals surface area contributed by atoms with Gasteiger partial charge in [-0.2, -0.15) is 8.78 Å². The number of ether oxygens (including phenoxy) is 3. The van der Waals surface area contributed by atoms with Crippen molar-refractivity contribution in [1.29, 1.82) is 0 Å². The molecule has 13 heteroatoms. The molecule has 0 bridgehead atoms. The second-order valence-corrected chi connectivity index (χ2v) is 9.53. The number of pyridine rings is 2. The van der Waals surface area contributed by atoms with Gasteiger partial charge in [0, 0.05) is 48.5 Å². The average molecular weight is 540 g/mol. The SMILES string of the molecule is Cc1cc(-c2cc(Cl)ncc2OC(F)F)c(C(=O)NCCCc2nnc(OC[C@@H]3CCOC3)s2)cn1. The topological polar surface area (TPSA) is 108 Å². The Morgan fingerprint density at radius 2 is 2.14 bits per heavy atom. The molecule has 1 saturated heterocycles. The van der Waals surface area contributed by atoms with Crippen molar-refractivity contribution in [2.75, 3.05) is 26.4 Å². The van der Waals surface area contributed by atoms with Gasteiger partial charge < -0.3 is 19.5 Å². The number of nitrogens with zero attached hydrogens (tertiary/aromatic N) is 4. The number of alkyl halides is 2. The lowest BCUT2D eigenvalue weighted by atomic mass is 10.0. The number of aromatic nitrogens is 4. The minimum atomic E-state index is -3.06. The van der Waals surface area contributed by atoms with E-state index in [2.05, 4.69) is 30.2 Å². The number of hydrogen-bond donors (Lipinski definition) is 1. The molecule has 1 N–H and O–H groups in total. The first-order chi connectivity index (χ1) is 17.4. The Hall–Kier alpha value is -2.96. The number of carbonyl (C=O) groups is 1. The molecule has 1 atom stereocenters. The molecule has 1 aliphatic heterocycles. The molecule has 36 heavy (non-hydrogen) atoms. The summed E-state index contributed by atoms with van der Waals surface area (Å²) in [6, 6.07) is 2.99. The molecule has 3 aromatic heterocycles. The molecule has 0 spiro atoms. The monoisotopic (exact) mass is 539 g/mol. The molecule has 4 rings (SSSR count). The fourth-order valence-corrected chi connectivity index (χ4v) is 4.52. The smallest absolute Gasteiger partial charge is 0.387 e. The maximum atomic E-state index is 13.0. The zero-order valence-electron chi connectivity index (χ0n) is 19.4. The summed E-state index contributed by atoms with van der Waals surface area (Å²) < 4.78 is 41.5. The molecule has 0 radical (unpaired) electrons. The second kappa shape index (κ2) is 12.3. The van der Waals surface area contributed by atoms with E-state index in [9.17, 15) is 13.6 Å². The van der Waals surface area contributed by atoms with Crippen LogP contribution in [-0.4, -0.2) is 59.0 Å². The maximum absolute atomic E-state index is 13.0. The molecule has 0 unspecified atom stereocenters. The van der Waals surface area contributed by atoms with E-state index in [1.54, 1.807) is 13.0 Å². The number of nitrogens with one attached hydrogen (secondary N) is 1. The summed E-state index contributed by atoms with van der Waals surface area (Å²) in [7, 11) is 0. The maximum Gasteiger partial charge on any atom is 0.387 e. The minimum absolute atomic E-state index is 0.0735. The molecule has 0 aromatic carbocycles. The molecule has 4 heterocycles. The number of hydrogen-bond acceptors (Lipinski definition) is 9. The summed E-state index contributed by atoms with van der Waals surface area (Å²) in [6.07, 6.45) is 4.71. The van der Waals surface area contributed by atoms with E-state index in [4.69, 9.17) is 21.1 Å². The van der Waals surface area contributed by atoms with E-state index in [0.717, 1.165) is 24.2 Å². The van der Waals surface area contributed by atoms with Gasteiger partial charge in [0.15, 0.2) is 5.75 Å². The zero-order valence-corrected chi connectivity index (χ0v) is 21.0. The Morgan fingerprint density at radius 1 is 1.28 bits per heavy atom. The standard InChI is InChI=1S/C23H24ClF2N5O4S/c1-13-7-15(16-8-19(24)29-10-18(16)35-22(25)26)17(9-28-13)21(32)27-5-2-3-20-30-31-23(36-20)34-12-14-4-6-33-11-14/h7-10,14,22H,2-6,11-12H2,1H3,(H,27,32)/t14-/m1/s1. The summed E-state index contributed by atoms with van der Waals surface area (Å²) in [5, 5.41) is 12.4. The van der Waals surface area contributed by atoms with E-state index in [-0.39, 0.29) is 22.0 Å². The van der Waals surface area contributed by atoms with E-state index >= 15 is 0 Å². The number of halogens is 3. The van der Waals surface area contributed by atoms with Crippen LogP contribution in [0.4, 0.5) is 8.78 Å². The predicted molar refractivity (Wildman–Crippen MR) is 129 cm³/mol. The van der Waals surface area contributed by atoms with Crippen molar-refractivity contribution in [3.05, 3.63) is 45.9 Å². The van der Waals surface area contributed by atoms with Crippen LogP contribution in [0, 0.1) is 12.8 Å². The Kier molecular flexibility index (Phi) is 8.94. The van der Waals surface area contributed by atoms with Crippen LogP contribution in [0.2, 0.25) is 5.15 Å². The van der Waals surface area contributed by atoms with Crippen LogP contribution in [0.1, 0.15) is 33.9 Å². The quantitative estimate of drug-likeness (QED) is 0.283. The highest BCUT2D eigenvalue weighted by molar-refractivity contribution is 7.13. The van der Waals surface area contributed by atoms with Gasteiger partial charge in [-0.05, 0) is 31.9 Å². The van der Waals surface area contributed by atoms with Crippen LogP contribution in [0.3, 0.4) is 0 Å². The van der Waals surface area contributed by atoms with Crippen molar-refractivity contribution >= 4 is 28.8 Å². The summed E-state index contributed by atoms with van der Waals surface area (Å²) >= 11 is 7.37. The third-order valence-corrected chi connectivity index (χ3v) is 6.50. The van der Waals surface area contributed by atoms with Crippen molar-refractivity contribution in [2.24, 2.45) is 5.92 Å². The van der Waals surface area contributed by atoms with E-state index in [0.29, 0.717) is 55.0 Å². The van der Waals surface area contributed by atoms with Gasteiger partial charge in [0.25, 0.3) is 11.1 Å². The highest BCUT2D eigenvalue weighted by Crippen LogP contribution is 2.34. The average Bonchev–Trinajstić information content (AvgIpc) is 3.53. The molecular weight excluding hydrogens is 516 g/mol. The van der Waals surface area contributed by atoms with Crippen molar-refractivity contribution in [3.63, 3.8) is 0 Å². The van der Waals surface area contributed by atoms with Crippen LogP contribution in [0.15, 0.2) is 24.5 Å². The summed E-state index contributed by atoms with van der Waals surface area (Å²) in [5.41, 5.74) is 1.37. The van der Waals surface area contributed by atoms with Crippen LogP contribution >= 0.6 is 22.9 Å². The van der Waals surface area contributed by atoms with Gasteiger partial charge >= 0.3 is 6.61 Å². The van der Waals surface area contributed by atoms with Crippen molar-refractivity contribution in [2.45, 2.75) is 32.8 Å². The van der Waals surface area contributed by atoms with E-state index in [1.165, 1.54) is 23.6 Å². The third-order valence-electron chi connectivity index (χ3n) is 5.39. The largest absolute Gasteiger partial charge is 0.469 e. The Balaban J connectivity index is 1.36. The molecule has 0 saturated carbocycles. The van der Waals surface area contributed by atoms with Crippen molar-refractivity contribution in [3.8, 4) is 22.1 Å². The Bertz CT molecular complexity index is 1190. The van der Waals surface area contributed by atoms with Gasteiger partial charge in [0.05, 0.1) is 25.0 Å². The second-order valence-electron chi connectivity index (χ2n) is 8.11. The van der Waals surface area contributed by atoms with Crippen LogP contribution in [-0.2, 0) is 11.2 Å². The molecule has 3 aromatic rings. The van der Waals surface area contributed by atoms with Gasteiger partial charge in [-0.1, -0.05) is 22.9 Å². The fraction of sp³-hybridized carbons (Fsp3) is 0.435. The number of aryl methyl sites for hydroxylation is 2. The molecule has 0 aliphatic carbocycles. The van der Waals surface area contributed by atoms with Gasteiger partial charge in [-0.3, -0.25) is 9.78 Å². The van der Waals surface area contributed by atoms with Gasteiger partial charge in [0.1, 0.15) is 10.2 Å². The first-order valence-electron chi connectivity index (χ1n) is 11.3. The van der Waals surface area contributed by atoms with E-state index < -0.39 is 12.5 Å². The predicted octanol–water partition coefficient (Wildman–Crippen LogP) is 4.34. The molecule has 1 aliphatic rings. The minimum Gasteiger partial charge on any atom is -0.469 e. The van der Waals surface area contributed by atoms with Crippen molar-refractivity contribution in [1.82, 2.24) is 25.5 Å². The molecule has 192 valence electrons. The molecule has 9 nitrogen and oxygen atoms in total. The van der Waals surface area contributed by atoms with E-state index in [1.807, 2.05) is 0 Å². The van der Waals surface area contributed by atoms with Crippen molar-refractivity contribution < 1.29 is 27.8 Å². The lowest BCUT2D eigenvalue weighted by Gasteiger charge is -2.15. The van der Waals surface area contributed by atoms with Crippen LogP contribution < -0.4 is 14.8 Å². The normalized spacial score (nSPS) is 15.3. The lowest BCUT2D eigenvalue weighted by Crippen LogP contribution is -2.25. The van der Waals surface area contributed by atoms with Gasteiger partial charge in [0.2, 0.25) is 0 Å². The summed E-state index contributed by atoms with van der Waals surface area (Å²) in [4.78, 5) is 20.9. The van der Waals surface area contributed by atoms with Gasteiger partial charge in [-0.15, -0.1) is 10.2 Å². The summed E-state index contributed by atoms with van der Waals surface area (Å²) in [6.45, 7) is 1.06. The first kappa shape index (κ1) is 26.1. The summed E-state index contributed by atoms with van der Waals surface area (Å²) in [5.74, 6) is -0.216. The van der Waals surface area contributed by atoms with Crippen LogP contribution in [0.5, 0.6) is 10.9 Å². The molecular formula is C23H24ClF2N5O4S.